The lowest BCUT2D eigenvalue weighted by atomic mass is 10.3. The quantitative estimate of drug-likeness (QED) is 0.461. The first-order valence-electron chi connectivity index (χ1n) is 4.16. The molecule has 0 radical (unpaired) electrons. The van der Waals surface area contributed by atoms with Gasteiger partial charge in [-0.15, -0.1) is 0 Å². The van der Waals surface area contributed by atoms with Crippen LogP contribution in [0, 0.1) is 10.1 Å². The van der Waals surface area contributed by atoms with Crippen molar-refractivity contribution in [2.75, 3.05) is 13.4 Å². The zero-order valence-corrected chi connectivity index (χ0v) is 10.4. The third-order valence-electron chi connectivity index (χ3n) is 1.71. The lowest BCUT2D eigenvalue weighted by Gasteiger charge is -2.13. The molecule has 6 nitrogen and oxygen atoms in total. The Balaban J connectivity index is 2.83. The molecule has 0 aliphatic rings. The number of nitro groups is 1. The van der Waals surface area contributed by atoms with E-state index < -0.39 is 11.7 Å². The van der Waals surface area contributed by atoms with Gasteiger partial charge in [0.05, 0.1) is 4.92 Å². The molecule has 8 heteroatoms. The highest BCUT2D eigenvalue weighted by Crippen LogP contribution is 2.57. The minimum absolute atomic E-state index is 0.0521. The van der Waals surface area contributed by atoms with Crippen LogP contribution in [0.25, 0.3) is 0 Å². The molecule has 1 rings (SSSR count). The highest BCUT2D eigenvalue weighted by molar-refractivity contribution is 8.54. The van der Waals surface area contributed by atoms with Crippen molar-refractivity contribution in [3.8, 4) is 5.75 Å². The first-order valence-corrected chi connectivity index (χ1v) is 7.53. The molecule has 1 atom stereocenters. The Morgan fingerprint density at radius 1 is 1.38 bits per heavy atom. The highest BCUT2D eigenvalue weighted by Gasteiger charge is 2.23. The van der Waals surface area contributed by atoms with E-state index in [4.69, 9.17) is 9.05 Å². The van der Waals surface area contributed by atoms with E-state index >= 15 is 0 Å². The molecule has 0 saturated heterocycles. The van der Waals surface area contributed by atoms with E-state index in [0.717, 1.165) is 11.4 Å². The fourth-order valence-corrected chi connectivity index (χ4v) is 2.51. The van der Waals surface area contributed by atoms with Crippen LogP contribution in [-0.2, 0) is 9.09 Å². The summed E-state index contributed by atoms with van der Waals surface area (Å²) in [4.78, 5) is 9.87. The maximum Gasteiger partial charge on any atom is 0.439 e. The standard InChI is InChI=1S/C8H10NO5PS/c1-13-15(12,16-2)14-8-5-3-7(4-6-8)9(10)11/h3-6H,1-2H3/t15-/m1/s1. The zero-order valence-electron chi connectivity index (χ0n) is 8.65. The SMILES string of the molecule is CO[P@](=O)(Oc1ccc([N+](=O)[O-])cc1)SC. The number of benzene rings is 1. The summed E-state index contributed by atoms with van der Waals surface area (Å²) in [6.45, 7) is -3.20. The van der Waals surface area contributed by atoms with Crippen molar-refractivity contribution in [2.24, 2.45) is 0 Å². The molecule has 0 spiro atoms. The van der Waals surface area contributed by atoms with Crippen molar-refractivity contribution < 1.29 is 18.5 Å². The van der Waals surface area contributed by atoms with Crippen LogP contribution in [-0.4, -0.2) is 18.3 Å². The summed E-state index contributed by atoms with van der Waals surface area (Å²) in [7, 11) is 1.28. The summed E-state index contributed by atoms with van der Waals surface area (Å²) in [6.07, 6.45) is 1.59. The van der Waals surface area contributed by atoms with Crippen molar-refractivity contribution in [3.63, 3.8) is 0 Å². The molecule has 0 unspecified atom stereocenters. The van der Waals surface area contributed by atoms with Gasteiger partial charge >= 0.3 is 6.80 Å². The lowest BCUT2D eigenvalue weighted by Crippen LogP contribution is -1.92. The molecule has 0 aromatic heterocycles. The molecule has 0 bridgehead atoms. The number of rotatable bonds is 5. The van der Waals surface area contributed by atoms with Gasteiger partial charge in [-0.25, -0.2) is 4.57 Å². The maximum absolute atomic E-state index is 11.7. The van der Waals surface area contributed by atoms with Crippen molar-refractivity contribution in [1.82, 2.24) is 0 Å². The average Bonchev–Trinajstić information content (AvgIpc) is 2.29. The van der Waals surface area contributed by atoms with Crippen LogP contribution >= 0.6 is 18.2 Å². The van der Waals surface area contributed by atoms with Crippen LogP contribution in [0.4, 0.5) is 5.69 Å². The van der Waals surface area contributed by atoms with E-state index in [9.17, 15) is 14.7 Å². The Hall–Kier alpha value is -1.04. The summed E-state index contributed by atoms with van der Waals surface area (Å²) in [5.41, 5.74) is -0.0521. The Morgan fingerprint density at radius 2 is 1.94 bits per heavy atom. The molecule has 0 heterocycles. The molecule has 0 N–H and O–H groups in total. The van der Waals surface area contributed by atoms with E-state index in [2.05, 4.69) is 0 Å². The van der Waals surface area contributed by atoms with Crippen molar-refractivity contribution >= 4 is 23.9 Å². The molecular formula is C8H10NO5PS. The second-order valence-corrected chi connectivity index (χ2v) is 6.90. The van der Waals surface area contributed by atoms with E-state index in [-0.39, 0.29) is 11.4 Å². The number of nitro benzene ring substituents is 1. The predicted molar refractivity (Wildman–Crippen MR) is 61.9 cm³/mol. The molecule has 0 aliphatic heterocycles. The van der Waals surface area contributed by atoms with Gasteiger partial charge in [0.25, 0.3) is 5.69 Å². The molecule has 0 aliphatic carbocycles. The summed E-state index contributed by atoms with van der Waals surface area (Å²) in [5.74, 6) is 0.269. The van der Waals surface area contributed by atoms with E-state index in [1.165, 1.54) is 31.4 Å². The Kier molecular flexibility index (Phi) is 4.35. The normalized spacial score (nSPS) is 14.1. The Morgan fingerprint density at radius 3 is 2.31 bits per heavy atom. The summed E-state index contributed by atoms with van der Waals surface area (Å²) >= 11 is 0.955. The minimum Gasteiger partial charge on any atom is -0.417 e. The van der Waals surface area contributed by atoms with E-state index in [1.807, 2.05) is 0 Å². The van der Waals surface area contributed by atoms with Gasteiger partial charge in [-0.3, -0.25) is 14.6 Å². The third-order valence-corrected chi connectivity index (χ3v) is 5.05. The van der Waals surface area contributed by atoms with Crippen LogP contribution in [0.15, 0.2) is 24.3 Å². The molecule has 0 fully saturated rings. The van der Waals surface area contributed by atoms with Crippen LogP contribution in [0.1, 0.15) is 0 Å². The summed E-state index contributed by atoms with van der Waals surface area (Å²) < 4.78 is 21.6. The van der Waals surface area contributed by atoms with E-state index in [0.29, 0.717) is 0 Å². The topological polar surface area (TPSA) is 78.7 Å². The van der Waals surface area contributed by atoms with Gasteiger partial charge in [0.2, 0.25) is 0 Å². The van der Waals surface area contributed by atoms with Gasteiger partial charge in [0, 0.05) is 19.2 Å². The largest absolute Gasteiger partial charge is 0.439 e. The smallest absolute Gasteiger partial charge is 0.417 e. The average molecular weight is 263 g/mol. The number of hydrogen-bond acceptors (Lipinski definition) is 6. The molecule has 1 aromatic rings. The minimum atomic E-state index is -3.20. The molecule has 0 amide bonds. The monoisotopic (exact) mass is 263 g/mol. The number of nitrogens with zero attached hydrogens (tertiary/aromatic N) is 1. The second-order valence-electron chi connectivity index (χ2n) is 2.65. The van der Waals surface area contributed by atoms with Gasteiger partial charge < -0.3 is 4.52 Å². The van der Waals surface area contributed by atoms with Crippen LogP contribution in [0.3, 0.4) is 0 Å². The fraction of sp³-hybridized carbons (Fsp3) is 0.250. The highest BCUT2D eigenvalue weighted by atomic mass is 32.7. The third kappa shape index (κ3) is 3.23. The molecule has 0 saturated carbocycles. The first-order chi connectivity index (χ1) is 7.50. The summed E-state index contributed by atoms with van der Waals surface area (Å²) in [5, 5.41) is 10.4. The molecule has 1 aromatic carbocycles. The van der Waals surface area contributed by atoms with Gasteiger partial charge in [0.1, 0.15) is 5.75 Å². The van der Waals surface area contributed by atoms with Crippen LogP contribution in [0.2, 0.25) is 0 Å². The van der Waals surface area contributed by atoms with Crippen molar-refractivity contribution in [3.05, 3.63) is 34.4 Å². The second kappa shape index (κ2) is 5.34. The molecule has 16 heavy (non-hydrogen) atoms. The van der Waals surface area contributed by atoms with Gasteiger partial charge in [-0.05, 0) is 29.8 Å². The van der Waals surface area contributed by atoms with Crippen molar-refractivity contribution in [1.29, 1.82) is 0 Å². The molecular weight excluding hydrogens is 253 g/mol. The molecule has 88 valence electrons. The van der Waals surface area contributed by atoms with E-state index in [1.54, 1.807) is 6.26 Å². The summed E-state index contributed by atoms with van der Waals surface area (Å²) in [6, 6.07) is 5.30. The van der Waals surface area contributed by atoms with Crippen LogP contribution in [0.5, 0.6) is 5.75 Å². The Labute approximate surface area is 96.4 Å². The maximum atomic E-state index is 11.7. The fourth-order valence-electron chi connectivity index (χ4n) is 0.907. The zero-order chi connectivity index (χ0) is 12.2. The lowest BCUT2D eigenvalue weighted by molar-refractivity contribution is -0.384. The predicted octanol–water partition coefficient (Wildman–Crippen LogP) is 3.09. The number of hydrogen-bond donors (Lipinski definition) is 0. The number of non-ortho nitro benzene ring substituents is 1. The van der Waals surface area contributed by atoms with Crippen LogP contribution < -0.4 is 4.52 Å². The van der Waals surface area contributed by atoms with Gasteiger partial charge in [0.15, 0.2) is 0 Å². The van der Waals surface area contributed by atoms with Gasteiger partial charge in [-0.1, -0.05) is 0 Å². The first kappa shape index (κ1) is 13.0. The Bertz CT molecular complexity index is 413. The van der Waals surface area contributed by atoms with Crippen molar-refractivity contribution in [2.45, 2.75) is 0 Å². The van der Waals surface area contributed by atoms with Gasteiger partial charge in [-0.2, -0.15) is 0 Å².